The molecule has 0 aliphatic carbocycles. The van der Waals surface area contributed by atoms with Gasteiger partial charge >= 0.3 is 5.97 Å². The molecule has 7 heteroatoms. The molecule has 0 aliphatic rings. The lowest BCUT2D eigenvalue weighted by molar-refractivity contribution is -0.111. The summed E-state index contributed by atoms with van der Waals surface area (Å²) >= 11 is 0. The van der Waals surface area contributed by atoms with Crippen LogP contribution in [-0.2, 0) is 9.53 Å². The number of benzene rings is 1. The second kappa shape index (κ2) is 8.09. The van der Waals surface area contributed by atoms with E-state index >= 15 is 0 Å². The lowest BCUT2D eigenvalue weighted by atomic mass is 10.1. The molecule has 3 rings (SSSR count). The number of amides is 1. The number of aromatic nitrogens is 1. The Labute approximate surface area is 154 Å². The minimum Gasteiger partial charge on any atom is -0.463 e. The average Bonchev–Trinajstić information content (AvgIpc) is 2.68. The van der Waals surface area contributed by atoms with Gasteiger partial charge in [-0.2, -0.15) is 0 Å². The Hall–Kier alpha value is -3.74. The van der Waals surface area contributed by atoms with Crippen molar-refractivity contribution < 1.29 is 18.7 Å². The number of hydrogen-bond acceptors (Lipinski definition) is 6. The third kappa shape index (κ3) is 4.27. The standard InChI is InChI=1S/C20H16N2O5/c1-2-26-20(25)13-9-10-21-17(11-13)22-18(23)8-7-14-12-27-16-6-4-3-5-15(16)19(14)24/h3-12H,2H2,1H3,(H,21,22,23)/b8-7+. The zero-order valence-corrected chi connectivity index (χ0v) is 14.5. The van der Waals surface area contributed by atoms with Gasteiger partial charge in [-0.1, -0.05) is 12.1 Å². The number of carbonyl (C=O) groups is 2. The predicted octanol–water partition coefficient (Wildman–Crippen LogP) is 3.02. The molecule has 3 aromatic rings. The van der Waals surface area contributed by atoms with Gasteiger partial charge in [-0.25, -0.2) is 9.78 Å². The van der Waals surface area contributed by atoms with Crippen molar-refractivity contribution in [3.05, 3.63) is 76.3 Å². The van der Waals surface area contributed by atoms with E-state index in [0.29, 0.717) is 11.0 Å². The number of fused-ring (bicyclic) bond motifs is 1. The Morgan fingerprint density at radius 1 is 1.26 bits per heavy atom. The second-order valence-corrected chi connectivity index (χ2v) is 5.49. The third-order valence-electron chi connectivity index (χ3n) is 3.64. The Morgan fingerprint density at radius 3 is 2.89 bits per heavy atom. The molecule has 0 saturated heterocycles. The zero-order valence-electron chi connectivity index (χ0n) is 14.5. The van der Waals surface area contributed by atoms with E-state index in [4.69, 9.17) is 9.15 Å². The lowest BCUT2D eigenvalue weighted by Gasteiger charge is -2.04. The fourth-order valence-corrected chi connectivity index (χ4v) is 2.38. The average molecular weight is 364 g/mol. The van der Waals surface area contributed by atoms with Crippen molar-refractivity contribution in [1.29, 1.82) is 0 Å². The number of rotatable bonds is 5. The highest BCUT2D eigenvalue weighted by Gasteiger charge is 2.09. The smallest absolute Gasteiger partial charge is 0.338 e. The number of nitrogens with zero attached hydrogens (tertiary/aromatic N) is 1. The number of hydrogen-bond donors (Lipinski definition) is 1. The van der Waals surface area contributed by atoms with Gasteiger partial charge in [0.2, 0.25) is 5.91 Å². The zero-order chi connectivity index (χ0) is 19.2. The number of pyridine rings is 1. The molecule has 136 valence electrons. The van der Waals surface area contributed by atoms with Crippen LogP contribution in [0.4, 0.5) is 5.82 Å². The maximum atomic E-state index is 12.4. The summed E-state index contributed by atoms with van der Waals surface area (Å²) < 4.78 is 10.3. The molecule has 0 radical (unpaired) electrons. The van der Waals surface area contributed by atoms with Gasteiger partial charge in [-0.3, -0.25) is 9.59 Å². The van der Waals surface area contributed by atoms with E-state index in [0.717, 1.165) is 0 Å². The van der Waals surface area contributed by atoms with Gasteiger partial charge in [0.15, 0.2) is 5.43 Å². The number of carbonyl (C=O) groups excluding carboxylic acids is 2. The van der Waals surface area contributed by atoms with E-state index in [-0.39, 0.29) is 29.0 Å². The molecule has 0 unspecified atom stereocenters. The summed E-state index contributed by atoms with van der Waals surface area (Å²) in [5.74, 6) is -0.809. The van der Waals surface area contributed by atoms with Gasteiger partial charge in [0, 0.05) is 12.3 Å². The molecular formula is C20H16N2O5. The minimum absolute atomic E-state index is 0.195. The first-order chi connectivity index (χ1) is 13.1. The van der Waals surface area contributed by atoms with Gasteiger partial charge in [0.25, 0.3) is 0 Å². The number of anilines is 1. The van der Waals surface area contributed by atoms with Crippen molar-refractivity contribution in [2.45, 2.75) is 6.92 Å². The maximum Gasteiger partial charge on any atom is 0.338 e. The Balaban J connectivity index is 1.75. The number of para-hydroxylation sites is 1. The van der Waals surface area contributed by atoms with Crippen molar-refractivity contribution in [1.82, 2.24) is 4.98 Å². The molecule has 0 aliphatic heterocycles. The lowest BCUT2D eigenvalue weighted by Crippen LogP contribution is -2.12. The van der Waals surface area contributed by atoms with Crippen LogP contribution in [0.15, 0.2) is 64.1 Å². The van der Waals surface area contributed by atoms with Crippen molar-refractivity contribution >= 4 is 34.7 Å². The molecule has 0 saturated carbocycles. The van der Waals surface area contributed by atoms with Crippen LogP contribution in [0.5, 0.6) is 0 Å². The molecule has 0 bridgehead atoms. The molecular weight excluding hydrogens is 348 g/mol. The van der Waals surface area contributed by atoms with Gasteiger partial charge in [0.1, 0.15) is 17.7 Å². The van der Waals surface area contributed by atoms with Crippen molar-refractivity contribution in [3.8, 4) is 0 Å². The SMILES string of the molecule is CCOC(=O)c1ccnc(NC(=O)/C=C/c2coc3ccccc3c2=O)c1. The van der Waals surface area contributed by atoms with Crippen LogP contribution in [0.1, 0.15) is 22.8 Å². The summed E-state index contributed by atoms with van der Waals surface area (Å²) in [6.45, 7) is 1.95. The largest absolute Gasteiger partial charge is 0.463 e. The van der Waals surface area contributed by atoms with Crippen LogP contribution in [-0.4, -0.2) is 23.5 Å². The van der Waals surface area contributed by atoms with E-state index in [1.807, 2.05) is 0 Å². The summed E-state index contributed by atoms with van der Waals surface area (Å²) in [7, 11) is 0. The Kier molecular flexibility index (Phi) is 5.41. The first-order valence-corrected chi connectivity index (χ1v) is 8.21. The molecule has 0 fully saturated rings. The van der Waals surface area contributed by atoms with Gasteiger partial charge < -0.3 is 14.5 Å². The summed E-state index contributed by atoms with van der Waals surface area (Å²) in [6, 6.07) is 9.76. The first kappa shape index (κ1) is 18.1. The van der Waals surface area contributed by atoms with Crippen molar-refractivity contribution in [3.63, 3.8) is 0 Å². The molecule has 2 aromatic heterocycles. The third-order valence-corrected chi connectivity index (χ3v) is 3.64. The van der Waals surface area contributed by atoms with E-state index in [9.17, 15) is 14.4 Å². The minimum atomic E-state index is -0.504. The highest BCUT2D eigenvalue weighted by molar-refractivity contribution is 6.02. The molecule has 2 heterocycles. The van der Waals surface area contributed by atoms with Gasteiger partial charge in [0.05, 0.1) is 23.1 Å². The summed E-state index contributed by atoms with van der Waals surface area (Å²) in [6.07, 6.45) is 5.25. The van der Waals surface area contributed by atoms with Crippen LogP contribution in [0.3, 0.4) is 0 Å². The summed E-state index contributed by atoms with van der Waals surface area (Å²) in [4.78, 5) is 40.2. The fraction of sp³-hybridized carbons (Fsp3) is 0.100. The monoisotopic (exact) mass is 364 g/mol. The topological polar surface area (TPSA) is 98.5 Å². The first-order valence-electron chi connectivity index (χ1n) is 8.21. The molecule has 1 aromatic carbocycles. The predicted molar refractivity (Wildman–Crippen MR) is 100 cm³/mol. The van der Waals surface area contributed by atoms with Crippen LogP contribution >= 0.6 is 0 Å². The normalized spacial score (nSPS) is 10.9. The van der Waals surface area contributed by atoms with Crippen LogP contribution < -0.4 is 10.7 Å². The van der Waals surface area contributed by atoms with E-state index in [1.165, 1.54) is 36.7 Å². The van der Waals surface area contributed by atoms with Gasteiger partial charge in [-0.15, -0.1) is 0 Å². The maximum absolute atomic E-state index is 12.4. The molecule has 0 atom stereocenters. The highest BCUT2D eigenvalue weighted by atomic mass is 16.5. The van der Waals surface area contributed by atoms with E-state index in [1.54, 1.807) is 31.2 Å². The Morgan fingerprint density at radius 2 is 2.07 bits per heavy atom. The molecule has 1 N–H and O–H groups in total. The number of nitrogens with one attached hydrogen (secondary N) is 1. The molecule has 1 amide bonds. The molecule has 27 heavy (non-hydrogen) atoms. The van der Waals surface area contributed by atoms with Crippen molar-refractivity contribution in [2.24, 2.45) is 0 Å². The number of esters is 1. The van der Waals surface area contributed by atoms with Crippen molar-refractivity contribution in [2.75, 3.05) is 11.9 Å². The van der Waals surface area contributed by atoms with E-state index in [2.05, 4.69) is 10.3 Å². The van der Waals surface area contributed by atoms with Crippen LogP contribution in [0.25, 0.3) is 17.0 Å². The second-order valence-electron chi connectivity index (χ2n) is 5.49. The fourth-order valence-electron chi connectivity index (χ4n) is 2.38. The quantitative estimate of drug-likeness (QED) is 0.552. The highest BCUT2D eigenvalue weighted by Crippen LogP contribution is 2.12. The van der Waals surface area contributed by atoms with Gasteiger partial charge in [-0.05, 0) is 37.3 Å². The Bertz CT molecular complexity index is 1080. The summed E-state index contributed by atoms with van der Waals surface area (Å²) in [5.41, 5.74) is 0.769. The van der Waals surface area contributed by atoms with E-state index < -0.39 is 11.9 Å². The van der Waals surface area contributed by atoms with Crippen LogP contribution in [0.2, 0.25) is 0 Å². The summed E-state index contributed by atoms with van der Waals surface area (Å²) in [5, 5.41) is 2.96. The molecule has 0 spiro atoms. The number of ether oxygens (including phenoxy) is 1. The van der Waals surface area contributed by atoms with Crippen LogP contribution in [0, 0.1) is 0 Å². The molecule has 7 nitrogen and oxygen atoms in total.